The van der Waals surface area contributed by atoms with Crippen LogP contribution in [0.3, 0.4) is 0 Å². The van der Waals surface area contributed by atoms with E-state index in [0.29, 0.717) is 12.3 Å². The molecule has 0 bridgehead atoms. The van der Waals surface area contributed by atoms with Crippen molar-refractivity contribution in [3.8, 4) is 0 Å². The molecular weight excluding hydrogens is 164 g/mol. The highest BCUT2D eigenvalue weighted by Crippen LogP contribution is 2.00. The van der Waals surface area contributed by atoms with Crippen LogP contribution >= 0.6 is 0 Å². The van der Waals surface area contributed by atoms with Gasteiger partial charge in [0.15, 0.2) is 0 Å². The molecule has 0 aromatic heterocycles. The molecule has 0 aliphatic carbocycles. The molecule has 1 aliphatic rings. The Hall–Kier alpha value is -0.410. The Labute approximate surface area is 80.7 Å². The van der Waals surface area contributed by atoms with Gasteiger partial charge in [-0.05, 0) is 13.5 Å². The highest BCUT2D eigenvalue weighted by atomic mass is 16.1. The summed E-state index contributed by atoms with van der Waals surface area (Å²) in [6.07, 6.45) is 1.72. The first-order valence-electron chi connectivity index (χ1n) is 5.15. The topological polar surface area (TPSA) is 23.6 Å². The van der Waals surface area contributed by atoms with Crippen LogP contribution in [0.5, 0.6) is 0 Å². The Bertz CT molecular complexity index is 162. The van der Waals surface area contributed by atoms with E-state index >= 15 is 0 Å². The SMILES string of the molecule is CCCC(=O)CN1CCN(C)CC1. The summed E-state index contributed by atoms with van der Waals surface area (Å²) in [6.45, 7) is 7.01. The number of hydrogen-bond acceptors (Lipinski definition) is 3. The molecule has 0 N–H and O–H groups in total. The molecular formula is C10H20N2O. The summed E-state index contributed by atoms with van der Waals surface area (Å²) in [7, 11) is 2.13. The number of Topliss-reactive ketones (excluding diaryl/α,β-unsaturated/α-hetero) is 1. The molecule has 0 atom stereocenters. The molecule has 1 heterocycles. The second-order valence-corrected chi connectivity index (χ2v) is 3.87. The van der Waals surface area contributed by atoms with Crippen molar-refractivity contribution < 1.29 is 4.79 Å². The molecule has 1 aliphatic heterocycles. The van der Waals surface area contributed by atoms with E-state index in [0.717, 1.165) is 39.0 Å². The third-order valence-electron chi connectivity index (χ3n) is 2.52. The lowest BCUT2D eigenvalue weighted by molar-refractivity contribution is -0.120. The van der Waals surface area contributed by atoms with E-state index in [1.807, 2.05) is 0 Å². The molecule has 13 heavy (non-hydrogen) atoms. The quantitative estimate of drug-likeness (QED) is 0.639. The minimum Gasteiger partial charge on any atom is -0.304 e. The lowest BCUT2D eigenvalue weighted by Crippen LogP contribution is -2.46. The van der Waals surface area contributed by atoms with Gasteiger partial charge in [-0.3, -0.25) is 9.69 Å². The van der Waals surface area contributed by atoms with Crippen LogP contribution in [0.15, 0.2) is 0 Å². The lowest BCUT2D eigenvalue weighted by atomic mass is 10.2. The fourth-order valence-corrected chi connectivity index (χ4v) is 1.61. The Morgan fingerprint density at radius 2 is 1.85 bits per heavy atom. The maximum atomic E-state index is 11.3. The van der Waals surface area contributed by atoms with Crippen molar-refractivity contribution in [3.63, 3.8) is 0 Å². The first-order valence-corrected chi connectivity index (χ1v) is 5.15. The van der Waals surface area contributed by atoms with Gasteiger partial charge in [0.05, 0.1) is 6.54 Å². The van der Waals surface area contributed by atoms with Crippen LogP contribution in [0, 0.1) is 0 Å². The molecule has 0 saturated carbocycles. The van der Waals surface area contributed by atoms with Crippen LogP contribution in [0.2, 0.25) is 0 Å². The van der Waals surface area contributed by atoms with Crippen molar-refractivity contribution in [1.82, 2.24) is 9.80 Å². The Balaban J connectivity index is 2.18. The molecule has 0 amide bonds. The van der Waals surface area contributed by atoms with E-state index in [4.69, 9.17) is 0 Å². The van der Waals surface area contributed by atoms with Crippen LogP contribution in [-0.2, 0) is 4.79 Å². The molecule has 1 rings (SSSR count). The first kappa shape index (κ1) is 10.7. The summed E-state index contributed by atoms with van der Waals surface area (Å²) < 4.78 is 0. The second-order valence-electron chi connectivity index (χ2n) is 3.87. The van der Waals surface area contributed by atoms with Gasteiger partial charge in [-0.15, -0.1) is 0 Å². The number of carbonyl (C=O) groups excluding carboxylic acids is 1. The van der Waals surface area contributed by atoms with Gasteiger partial charge in [0.1, 0.15) is 5.78 Å². The number of carbonyl (C=O) groups is 1. The molecule has 3 heteroatoms. The Morgan fingerprint density at radius 3 is 2.38 bits per heavy atom. The maximum Gasteiger partial charge on any atom is 0.146 e. The zero-order valence-electron chi connectivity index (χ0n) is 8.75. The fraction of sp³-hybridized carbons (Fsp3) is 0.900. The van der Waals surface area contributed by atoms with Crippen molar-refractivity contribution in [2.75, 3.05) is 39.8 Å². The van der Waals surface area contributed by atoms with Crippen LogP contribution in [-0.4, -0.2) is 55.4 Å². The van der Waals surface area contributed by atoms with Gasteiger partial charge in [-0.25, -0.2) is 0 Å². The van der Waals surface area contributed by atoms with Gasteiger partial charge >= 0.3 is 0 Å². The normalized spacial score (nSPS) is 20.5. The van der Waals surface area contributed by atoms with Crippen LogP contribution in [0.25, 0.3) is 0 Å². The summed E-state index contributed by atoms with van der Waals surface area (Å²) in [5.74, 6) is 0.395. The van der Waals surface area contributed by atoms with Gasteiger partial charge in [0.25, 0.3) is 0 Å². The predicted molar refractivity (Wildman–Crippen MR) is 53.9 cm³/mol. The average Bonchev–Trinajstić information content (AvgIpc) is 2.09. The number of likely N-dealkylation sites (N-methyl/N-ethyl adjacent to an activating group) is 1. The molecule has 76 valence electrons. The number of ketones is 1. The minimum absolute atomic E-state index is 0.395. The molecule has 1 saturated heterocycles. The van der Waals surface area contributed by atoms with Gasteiger partial charge in [-0.1, -0.05) is 6.92 Å². The Morgan fingerprint density at radius 1 is 1.23 bits per heavy atom. The summed E-state index contributed by atoms with van der Waals surface area (Å²) in [6, 6.07) is 0. The highest BCUT2D eigenvalue weighted by Gasteiger charge is 2.15. The van der Waals surface area contributed by atoms with Gasteiger partial charge < -0.3 is 4.90 Å². The van der Waals surface area contributed by atoms with Gasteiger partial charge in [0.2, 0.25) is 0 Å². The Kier molecular flexibility index (Phi) is 4.39. The van der Waals surface area contributed by atoms with Crippen molar-refractivity contribution >= 4 is 5.78 Å². The third-order valence-corrected chi connectivity index (χ3v) is 2.52. The zero-order chi connectivity index (χ0) is 9.68. The van der Waals surface area contributed by atoms with E-state index in [9.17, 15) is 4.79 Å². The molecule has 3 nitrogen and oxygen atoms in total. The summed E-state index contributed by atoms with van der Waals surface area (Å²) >= 11 is 0. The van der Waals surface area contributed by atoms with Gasteiger partial charge in [0, 0.05) is 32.6 Å². The second kappa shape index (κ2) is 5.35. The monoisotopic (exact) mass is 184 g/mol. The predicted octanol–water partition coefficient (Wildman–Crippen LogP) is 0.603. The number of piperazine rings is 1. The van der Waals surface area contributed by atoms with Gasteiger partial charge in [-0.2, -0.15) is 0 Å². The van der Waals surface area contributed by atoms with E-state index in [1.165, 1.54) is 0 Å². The molecule has 0 aromatic carbocycles. The molecule has 1 fully saturated rings. The third kappa shape index (κ3) is 3.87. The van der Waals surface area contributed by atoms with Crippen molar-refractivity contribution in [2.24, 2.45) is 0 Å². The standard InChI is InChI=1S/C10H20N2O/c1-3-4-10(13)9-12-7-5-11(2)6-8-12/h3-9H2,1-2H3. The highest BCUT2D eigenvalue weighted by molar-refractivity contribution is 5.80. The number of hydrogen-bond donors (Lipinski definition) is 0. The van der Waals surface area contributed by atoms with Crippen molar-refractivity contribution in [2.45, 2.75) is 19.8 Å². The number of rotatable bonds is 4. The van der Waals surface area contributed by atoms with Crippen LogP contribution in [0.4, 0.5) is 0 Å². The molecule has 0 spiro atoms. The largest absolute Gasteiger partial charge is 0.304 e. The lowest BCUT2D eigenvalue weighted by Gasteiger charge is -2.31. The van der Waals surface area contributed by atoms with E-state index < -0.39 is 0 Å². The smallest absolute Gasteiger partial charge is 0.146 e. The summed E-state index contributed by atoms with van der Waals surface area (Å²) in [4.78, 5) is 15.9. The molecule has 0 radical (unpaired) electrons. The van der Waals surface area contributed by atoms with Crippen molar-refractivity contribution in [3.05, 3.63) is 0 Å². The zero-order valence-corrected chi connectivity index (χ0v) is 8.75. The van der Waals surface area contributed by atoms with Crippen LogP contribution < -0.4 is 0 Å². The first-order chi connectivity index (χ1) is 6.22. The minimum atomic E-state index is 0.395. The molecule has 0 aromatic rings. The average molecular weight is 184 g/mol. The van der Waals surface area contributed by atoms with Crippen molar-refractivity contribution in [1.29, 1.82) is 0 Å². The van der Waals surface area contributed by atoms with E-state index in [-0.39, 0.29) is 0 Å². The van der Waals surface area contributed by atoms with E-state index in [1.54, 1.807) is 0 Å². The van der Waals surface area contributed by atoms with Crippen LogP contribution in [0.1, 0.15) is 19.8 Å². The number of nitrogens with zero attached hydrogens (tertiary/aromatic N) is 2. The summed E-state index contributed by atoms with van der Waals surface area (Å²) in [5.41, 5.74) is 0. The maximum absolute atomic E-state index is 11.3. The molecule has 0 unspecified atom stereocenters. The van der Waals surface area contributed by atoms with E-state index in [2.05, 4.69) is 23.8 Å². The summed E-state index contributed by atoms with van der Waals surface area (Å²) in [5, 5.41) is 0. The fourth-order valence-electron chi connectivity index (χ4n) is 1.61.